The van der Waals surface area contributed by atoms with Crippen molar-refractivity contribution in [1.29, 1.82) is 0 Å². The first-order valence-corrected chi connectivity index (χ1v) is 5.08. The molecule has 0 saturated heterocycles. The van der Waals surface area contributed by atoms with Gasteiger partial charge < -0.3 is 5.11 Å². The fourth-order valence-corrected chi connectivity index (χ4v) is 1.65. The van der Waals surface area contributed by atoms with Crippen LogP contribution in [0.4, 0.5) is 0 Å². The Morgan fingerprint density at radius 2 is 2.20 bits per heavy atom. The van der Waals surface area contributed by atoms with E-state index < -0.39 is 11.9 Å². The predicted molar refractivity (Wildman–Crippen MR) is 61.4 cm³/mol. The van der Waals surface area contributed by atoms with Gasteiger partial charge in [-0.3, -0.25) is 4.79 Å². The molecule has 1 aromatic carbocycles. The van der Waals surface area contributed by atoms with Gasteiger partial charge in [-0.05, 0) is 24.1 Å². The summed E-state index contributed by atoms with van der Waals surface area (Å²) in [6.45, 7) is 3.49. The van der Waals surface area contributed by atoms with Gasteiger partial charge in [-0.15, -0.1) is 0 Å². The molecule has 1 N–H and O–H groups in total. The molecule has 0 spiro atoms. The Labute approximate surface area is 98.1 Å². The maximum absolute atomic E-state index is 11.0. The molecule has 0 amide bonds. The van der Waals surface area contributed by atoms with Crippen molar-refractivity contribution in [3.63, 3.8) is 0 Å². The number of hydrogen-bond acceptors (Lipinski definition) is 1. The Balaban J connectivity index is 2.98. The average Bonchev–Trinajstić information content (AvgIpc) is 2.13. The number of carboxylic acid groups (broad SMARTS) is 1. The minimum absolute atomic E-state index is 0.206. The zero-order chi connectivity index (χ0) is 11.4. The largest absolute Gasteiger partial charge is 0.481 e. The van der Waals surface area contributed by atoms with Crippen LogP contribution < -0.4 is 0 Å². The van der Waals surface area contributed by atoms with Crippen LogP contribution in [0.1, 0.15) is 17.9 Å². The molecule has 1 rings (SSSR count). The molecule has 0 bridgehead atoms. The maximum Gasteiger partial charge on any atom is 0.311 e. The maximum atomic E-state index is 11.0. The number of carboxylic acids is 1. The zero-order valence-corrected chi connectivity index (χ0v) is 9.42. The van der Waals surface area contributed by atoms with Crippen LogP contribution in [0.5, 0.6) is 0 Å². The number of aliphatic carboxylic acids is 1. The van der Waals surface area contributed by atoms with Crippen molar-refractivity contribution in [2.24, 2.45) is 0 Å². The van der Waals surface area contributed by atoms with Gasteiger partial charge in [0.2, 0.25) is 0 Å². The van der Waals surface area contributed by atoms with Gasteiger partial charge in [-0.1, -0.05) is 41.9 Å². The van der Waals surface area contributed by atoms with Crippen LogP contribution in [-0.2, 0) is 4.79 Å². The van der Waals surface area contributed by atoms with Crippen molar-refractivity contribution in [1.82, 2.24) is 0 Å². The second-order valence-electron chi connectivity index (χ2n) is 3.17. The van der Waals surface area contributed by atoms with Crippen LogP contribution >= 0.6 is 23.2 Å². The molecule has 0 fully saturated rings. The fourth-order valence-electron chi connectivity index (χ4n) is 1.29. The minimum Gasteiger partial charge on any atom is -0.481 e. The van der Waals surface area contributed by atoms with Gasteiger partial charge in [0.25, 0.3) is 0 Å². The van der Waals surface area contributed by atoms with Crippen molar-refractivity contribution in [2.45, 2.75) is 12.3 Å². The van der Waals surface area contributed by atoms with Crippen molar-refractivity contribution in [3.05, 3.63) is 46.5 Å². The van der Waals surface area contributed by atoms with E-state index >= 15 is 0 Å². The van der Waals surface area contributed by atoms with E-state index in [1.54, 1.807) is 24.3 Å². The monoisotopic (exact) mass is 244 g/mol. The second-order valence-corrected chi connectivity index (χ2v) is 4.14. The summed E-state index contributed by atoms with van der Waals surface area (Å²) < 4.78 is 0. The fraction of sp³-hybridized carbons (Fsp3) is 0.182. The highest BCUT2D eigenvalue weighted by molar-refractivity contribution is 6.30. The zero-order valence-electron chi connectivity index (χ0n) is 7.91. The molecule has 0 heterocycles. The van der Waals surface area contributed by atoms with E-state index in [9.17, 15) is 4.79 Å². The summed E-state index contributed by atoms with van der Waals surface area (Å²) in [6.07, 6.45) is 0.206. The summed E-state index contributed by atoms with van der Waals surface area (Å²) in [5.41, 5.74) is 0.636. The topological polar surface area (TPSA) is 37.3 Å². The van der Waals surface area contributed by atoms with E-state index in [4.69, 9.17) is 28.3 Å². The third-order valence-corrected chi connectivity index (χ3v) is 2.36. The lowest BCUT2D eigenvalue weighted by molar-refractivity contribution is -0.138. The third-order valence-electron chi connectivity index (χ3n) is 1.97. The first kappa shape index (κ1) is 12.1. The van der Waals surface area contributed by atoms with Crippen LogP contribution in [-0.4, -0.2) is 11.1 Å². The van der Waals surface area contributed by atoms with Gasteiger partial charge in [-0.25, -0.2) is 0 Å². The first-order valence-electron chi connectivity index (χ1n) is 4.32. The van der Waals surface area contributed by atoms with Crippen molar-refractivity contribution in [2.75, 3.05) is 0 Å². The van der Waals surface area contributed by atoms with E-state index in [1.165, 1.54) is 0 Å². The quantitative estimate of drug-likeness (QED) is 0.878. The Kier molecular flexibility index (Phi) is 4.18. The summed E-state index contributed by atoms with van der Waals surface area (Å²) in [5, 5.41) is 9.86. The number of halogens is 2. The van der Waals surface area contributed by atoms with Gasteiger partial charge in [-0.2, -0.15) is 0 Å². The molecule has 1 atom stereocenters. The standard InChI is InChI=1S/C11H10Cl2O2/c1-7(12)5-10(11(14)15)8-3-2-4-9(13)6-8/h2-4,6,10H,1,5H2,(H,14,15). The molecule has 0 aliphatic rings. The van der Waals surface area contributed by atoms with Crippen molar-refractivity contribution >= 4 is 29.2 Å². The number of rotatable bonds is 4. The lowest BCUT2D eigenvalue weighted by Crippen LogP contribution is -2.11. The lowest BCUT2D eigenvalue weighted by Gasteiger charge is -2.11. The SMILES string of the molecule is C=C(Cl)CC(C(=O)O)c1cccc(Cl)c1. The molecule has 1 aromatic rings. The molecule has 0 saturated carbocycles. The molecule has 0 radical (unpaired) electrons. The van der Waals surface area contributed by atoms with Crippen LogP contribution in [0, 0.1) is 0 Å². The van der Waals surface area contributed by atoms with E-state index in [1.807, 2.05) is 0 Å². The van der Waals surface area contributed by atoms with Crippen molar-refractivity contribution in [3.8, 4) is 0 Å². The molecule has 15 heavy (non-hydrogen) atoms. The summed E-state index contributed by atoms with van der Waals surface area (Å²) in [5.74, 6) is -1.62. The molecule has 4 heteroatoms. The van der Waals surface area contributed by atoms with Gasteiger partial charge in [0.05, 0.1) is 5.92 Å². The Bertz CT molecular complexity index is 388. The van der Waals surface area contributed by atoms with Gasteiger partial charge in [0, 0.05) is 10.1 Å². The summed E-state index contributed by atoms with van der Waals surface area (Å²) >= 11 is 11.4. The first-order chi connectivity index (χ1) is 7.00. The molecule has 2 nitrogen and oxygen atoms in total. The highest BCUT2D eigenvalue weighted by atomic mass is 35.5. The van der Waals surface area contributed by atoms with Crippen LogP contribution in [0.3, 0.4) is 0 Å². The molecule has 0 aliphatic carbocycles. The van der Waals surface area contributed by atoms with E-state index in [-0.39, 0.29) is 6.42 Å². The highest BCUT2D eigenvalue weighted by Gasteiger charge is 2.20. The predicted octanol–water partition coefficient (Wildman–Crippen LogP) is 3.65. The number of benzene rings is 1. The minimum atomic E-state index is -0.931. The van der Waals surface area contributed by atoms with E-state index in [2.05, 4.69) is 6.58 Å². The highest BCUT2D eigenvalue weighted by Crippen LogP contribution is 2.26. The normalized spacial score (nSPS) is 12.1. The molecule has 1 unspecified atom stereocenters. The number of hydrogen-bond donors (Lipinski definition) is 1. The smallest absolute Gasteiger partial charge is 0.311 e. The molecular weight excluding hydrogens is 235 g/mol. The summed E-state index contributed by atoms with van der Waals surface area (Å²) in [7, 11) is 0. The van der Waals surface area contributed by atoms with Gasteiger partial charge in [0.15, 0.2) is 0 Å². The summed E-state index contributed by atoms with van der Waals surface area (Å²) in [4.78, 5) is 11.0. The van der Waals surface area contributed by atoms with Crippen molar-refractivity contribution < 1.29 is 9.90 Å². The van der Waals surface area contributed by atoms with Crippen LogP contribution in [0.15, 0.2) is 35.9 Å². The average molecular weight is 245 g/mol. The molecule has 80 valence electrons. The second kappa shape index (κ2) is 5.19. The number of carbonyl (C=O) groups is 1. The Morgan fingerprint density at radius 3 is 2.67 bits per heavy atom. The third kappa shape index (κ3) is 3.57. The molecule has 0 aliphatic heterocycles. The van der Waals surface area contributed by atoms with Crippen LogP contribution in [0.25, 0.3) is 0 Å². The van der Waals surface area contributed by atoms with E-state index in [0.29, 0.717) is 15.6 Å². The summed E-state index contributed by atoms with van der Waals surface area (Å²) in [6, 6.07) is 6.74. The lowest BCUT2D eigenvalue weighted by atomic mass is 9.96. The van der Waals surface area contributed by atoms with Gasteiger partial charge in [0.1, 0.15) is 0 Å². The molecular formula is C11H10Cl2O2. The Hall–Kier alpha value is -0.990. The molecule has 0 aromatic heterocycles. The van der Waals surface area contributed by atoms with Gasteiger partial charge >= 0.3 is 5.97 Å². The number of allylic oxidation sites excluding steroid dienone is 1. The van der Waals surface area contributed by atoms with E-state index in [0.717, 1.165) is 0 Å². The van der Waals surface area contributed by atoms with Crippen LogP contribution in [0.2, 0.25) is 5.02 Å². The Morgan fingerprint density at radius 1 is 1.53 bits per heavy atom.